The first kappa shape index (κ1) is 12.9. The third-order valence-electron chi connectivity index (χ3n) is 4.47. The minimum Gasteiger partial charge on any atom is -0.375 e. The largest absolute Gasteiger partial charge is 0.375 e. The van der Waals surface area contributed by atoms with Crippen molar-refractivity contribution in [2.45, 2.75) is 19.3 Å². The molecule has 3 rings (SSSR count). The summed E-state index contributed by atoms with van der Waals surface area (Å²) in [6.07, 6.45) is 5.11. The molecule has 5 nitrogen and oxygen atoms in total. The summed E-state index contributed by atoms with van der Waals surface area (Å²) in [5.41, 5.74) is 6.04. The van der Waals surface area contributed by atoms with Gasteiger partial charge in [0.15, 0.2) is 5.13 Å². The number of nitrogen functional groups attached to an aromatic ring is 1. The number of rotatable bonds is 1. The SMILES string of the molecule is CN1CCC2(CCN(C(=O)c3cnc(N)s3)CC2)C1. The number of hydrogen-bond donors (Lipinski definition) is 1. The number of aromatic nitrogens is 1. The molecule has 0 aliphatic carbocycles. The summed E-state index contributed by atoms with van der Waals surface area (Å²) >= 11 is 1.28. The number of carbonyl (C=O) groups excluding carboxylic acids is 1. The quantitative estimate of drug-likeness (QED) is 0.842. The Morgan fingerprint density at radius 1 is 1.37 bits per heavy atom. The Morgan fingerprint density at radius 2 is 2.05 bits per heavy atom. The third kappa shape index (κ3) is 2.47. The summed E-state index contributed by atoms with van der Waals surface area (Å²) in [6, 6.07) is 0. The van der Waals surface area contributed by atoms with Crippen LogP contribution in [0.5, 0.6) is 0 Å². The molecule has 2 fully saturated rings. The lowest BCUT2D eigenvalue weighted by atomic mass is 9.78. The van der Waals surface area contributed by atoms with Crippen molar-refractivity contribution in [3.8, 4) is 0 Å². The predicted molar refractivity (Wildman–Crippen MR) is 76.2 cm³/mol. The molecule has 0 radical (unpaired) electrons. The molecule has 2 aliphatic heterocycles. The first-order chi connectivity index (χ1) is 9.08. The topological polar surface area (TPSA) is 62.5 Å². The molecule has 3 heterocycles. The number of amides is 1. The van der Waals surface area contributed by atoms with Gasteiger partial charge in [-0.2, -0.15) is 0 Å². The highest BCUT2D eigenvalue weighted by molar-refractivity contribution is 7.17. The van der Waals surface area contributed by atoms with Gasteiger partial charge in [0.1, 0.15) is 4.88 Å². The molecule has 0 atom stereocenters. The fourth-order valence-corrected chi connectivity index (χ4v) is 3.95. The summed E-state index contributed by atoms with van der Waals surface area (Å²) in [4.78, 5) is 21.3. The predicted octanol–water partition coefficient (Wildman–Crippen LogP) is 1.28. The van der Waals surface area contributed by atoms with Gasteiger partial charge < -0.3 is 15.5 Å². The lowest BCUT2D eigenvalue weighted by Crippen LogP contribution is -2.43. The molecule has 1 aromatic heterocycles. The highest BCUT2D eigenvalue weighted by Crippen LogP contribution is 2.40. The van der Waals surface area contributed by atoms with Gasteiger partial charge in [0.25, 0.3) is 5.91 Å². The second-order valence-corrected chi connectivity index (χ2v) is 6.90. The van der Waals surface area contributed by atoms with E-state index in [1.54, 1.807) is 6.20 Å². The van der Waals surface area contributed by atoms with Crippen molar-refractivity contribution in [2.75, 3.05) is 39.0 Å². The van der Waals surface area contributed by atoms with Crippen LogP contribution in [0, 0.1) is 5.41 Å². The Hall–Kier alpha value is -1.14. The van der Waals surface area contributed by atoms with Gasteiger partial charge in [-0.05, 0) is 38.3 Å². The maximum absolute atomic E-state index is 12.3. The number of thiazole rings is 1. The number of nitrogens with two attached hydrogens (primary N) is 1. The molecular weight excluding hydrogens is 260 g/mol. The molecule has 0 saturated carbocycles. The van der Waals surface area contributed by atoms with Crippen LogP contribution in [-0.2, 0) is 0 Å². The molecule has 2 aliphatic rings. The molecule has 1 spiro atoms. The van der Waals surface area contributed by atoms with Gasteiger partial charge >= 0.3 is 0 Å². The van der Waals surface area contributed by atoms with E-state index in [1.165, 1.54) is 30.8 Å². The van der Waals surface area contributed by atoms with E-state index in [4.69, 9.17) is 5.73 Å². The standard InChI is InChI=1S/C13H20N4OS/c1-16-5-2-13(9-16)3-6-17(7-4-13)11(18)10-8-15-12(14)19-10/h8H,2-7,9H2,1H3,(H2,14,15). The van der Waals surface area contributed by atoms with Crippen LogP contribution in [0.2, 0.25) is 0 Å². The molecule has 0 unspecified atom stereocenters. The lowest BCUT2D eigenvalue weighted by molar-refractivity contribution is 0.0598. The van der Waals surface area contributed by atoms with E-state index in [9.17, 15) is 4.79 Å². The van der Waals surface area contributed by atoms with Crippen molar-refractivity contribution < 1.29 is 4.79 Å². The van der Waals surface area contributed by atoms with Crippen LogP contribution >= 0.6 is 11.3 Å². The van der Waals surface area contributed by atoms with Crippen LogP contribution in [0.25, 0.3) is 0 Å². The van der Waals surface area contributed by atoms with E-state index >= 15 is 0 Å². The smallest absolute Gasteiger partial charge is 0.265 e. The monoisotopic (exact) mass is 280 g/mol. The molecule has 2 saturated heterocycles. The van der Waals surface area contributed by atoms with E-state index in [0.717, 1.165) is 25.9 Å². The van der Waals surface area contributed by atoms with Gasteiger partial charge in [-0.25, -0.2) is 4.98 Å². The molecule has 1 amide bonds. The fraction of sp³-hybridized carbons (Fsp3) is 0.692. The summed E-state index contributed by atoms with van der Waals surface area (Å²) in [5, 5.41) is 0.467. The third-order valence-corrected chi connectivity index (χ3v) is 5.29. The summed E-state index contributed by atoms with van der Waals surface area (Å²) in [6.45, 7) is 4.11. The fourth-order valence-electron chi connectivity index (χ4n) is 3.29. The van der Waals surface area contributed by atoms with Crippen LogP contribution < -0.4 is 5.73 Å². The molecule has 1 aromatic rings. The van der Waals surface area contributed by atoms with Crippen LogP contribution in [0.1, 0.15) is 28.9 Å². The second kappa shape index (κ2) is 4.76. The minimum atomic E-state index is 0.0930. The molecule has 104 valence electrons. The average molecular weight is 280 g/mol. The van der Waals surface area contributed by atoms with E-state index in [-0.39, 0.29) is 5.91 Å². The van der Waals surface area contributed by atoms with Crippen molar-refractivity contribution >= 4 is 22.4 Å². The van der Waals surface area contributed by atoms with Gasteiger partial charge in [-0.15, -0.1) is 0 Å². The van der Waals surface area contributed by atoms with Crippen molar-refractivity contribution in [1.29, 1.82) is 0 Å². The highest BCUT2D eigenvalue weighted by Gasteiger charge is 2.40. The average Bonchev–Trinajstić information content (AvgIpc) is 2.97. The van der Waals surface area contributed by atoms with E-state index in [1.807, 2.05) is 4.90 Å². The minimum absolute atomic E-state index is 0.0930. The summed E-state index contributed by atoms with van der Waals surface area (Å²) < 4.78 is 0. The molecule has 19 heavy (non-hydrogen) atoms. The Kier molecular flexibility index (Phi) is 3.22. The number of carbonyl (C=O) groups is 1. The van der Waals surface area contributed by atoms with Crippen LogP contribution in [0.15, 0.2) is 6.20 Å². The van der Waals surface area contributed by atoms with Crippen molar-refractivity contribution in [2.24, 2.45) is 5.41 Å². The summed E-state index contributed by atoms with van der Waals surface area (Å²) in [5.74, 6) is 0.0930. The molecule has 0 aromatic carbocycles. The first-order valence-electron chi connectivity index (χ1n) is 6.77. The Labute approximate surface area is 117 Å². The van der Waals surface area contributed by atoms with Crippen LogP contribution in [0.4, 0.5) is 5.13 Å². The second-order valence-electron chi connectivity index (χ2n) is 5.84. The van der Waals surface area contributed by atoms with E-state index < -0.39 is 0 Å². The van der Waals surface area contributed by atoms with Crippen molar-refractivity contribution in [3.63, 3.8) is 0 Å². The van der Waals surface area contributed by atoms with Gasteiger partial charge in [0.2, 0.25) is 0 Å². The number of nitrogens with zero attached hydrogens (tertiary/aromatic N) is 3. The van der Waals surface area contributed by atoms with Crippen molar-refractivity contribution in [1.82, 2.24) is 14.8 Å². The zero-order valence-corrected chi connectivity index (χ0v) is 12.1. The maximum atomic E-state index is 12.3. The molecule has 0 bridgehead atoms. The number of hydrogen-bond acceptors (Lipinski definition) is 5. The molecule has 2 N–H and O–H groups in total. The maximum Gasteiger partial charge on any atom is 0.265 e. The van der Waals surface area contributed by atoms with Gasteiger partial charge in [0, 0.05) is 19.6 Å². The lowest BCUT2D eigenvalue weighted by Gasteiger charge is -2.39. The Morgan fingerprint density at radius 3 is 2.58 bits per heavy atom. The molecular formula is C13H20N4OS. The zero-order valence-electron chi connectivity index (χ0n) is 11.3. The van der Waals surface area contributed by atoms with Crippen LogP contribution in [-0.4, -0.2) is 53.9 Å². The first-order valence-corrected chi connectivity index (χ1v) is 7.59. The van der Waals surface area contributed by atoms with Gasteiger partial charge in [-0.1, -0.05) is 11.3 Å². The van der Waals surface area contributed by atoms with E-state index in [0.29, 0.717) is 15.4 Å². The normalized spacial score (nSPS) is 23.1. The highest BCUT2D eigenvalue weighted by atomic mass is 32.1. The molecule has 6 heteroatoms. The zero-order chi connectivity index (χ0) is 13.5. The Balaban J connectivity index is 1.62. The van der Waals surface area contributed by atoms with Crippen molar-refractivity contribution in [3.05, 3.63) is 11.1 Å². The number of likely N-dealkylation sites (tertiary alicyclic amines) is 2. The van der Waals surface area contributed by atoms with Gasteiger partial charge in [-0.3, -0.25) is 4.79 Å². The number of anilines is 1. The summed E-state index contributed by atoms with van der Waals surface area (Å²) in [7, 11) is 2.19. The Bertz CT molecular complexity index is 479. The van der Waals surface area contributed by atoms with Crippen LogP contribution in [0.3, 0.4) is 0 Å². The van der Waals surface area contributed by atoms with E-state index in [2.05, 4.69) is 16.9 Å². The number of piperidine rings is 1. The van der Waals surface area contributed by atoms with Gasteiger partial charge in [0.05, 0.1) is 6.20 Å².